The quantitative estimate of drug-likeness (QED) is 0.312. The average molecular weight is 447 g/mol. The van der Waals surface area contributed by atoms with Crippen LogP contribution in [0, 0.1) is 0 Å². The summed E-state index contributed by atoms with van der Waals surface area (Å²) >= 11 is 0. The van der Waals surface area contributed by atoms with Crippen LogP contribution in [0.3, 0.4) is 0 Å². The van der Waals surface area contributed by atoms with Crippen molar-refractivity contribution in [2.45, 2.75) is 39.5 Å². The molecule has 9 heteroatoms. The van der Waals surface area contributed by atoms with Crippen LogP contribution >= 0.6 is 7.95 Å². The third-order valence-electron chi connectivity index (χ3n) is 3.97. The molecule has 0 spiro atoms. The molecule has 0 aliphatic heterocycles. The number of amides is 1. The van der Waals surface area contributed by atoms with E-state index in [1.807, 2.05) is 36.4 Å². The minimum atomic E-state index is -2.16. The summed E-state index contributed by atoms with van der Waals surface area (Å²) in [7, 11) is -2.16. The molecule has 1 N–H and O–H groups in total. The molecule has 0 saturated carbocycles. The lowest BCUT2D eigenvalue weighted by molar-refractivity contribution is -0.158. The Morgan fingerprint density at radius 2 is 1.61 bits per heavy atom. The number of carbonyl (C=O) groups is 2. The number of para-hydroxylation sites is 1. The summed E-state index contributed by atoms with van der Waals surface area (Å²) in [5.74, 6) is -0.116. The molecule has 0 aliphatic carbocycles. The van der Waals surface area contributed by atoms with Gasteiger partial charge >= 0.3 is 20.0 Å². The van der Waals surface area contributed by atoms with Crippen LogP contribution in [0.25, 0.3) is 0 Å². The van der Waals surface area contributed by atoms with Gasteiger partial charge in [-0.25, -0.2) is 4.79 Å². The first-order chi connectivity index (χ1) is 14.9. The van der Waals surface area contributed by atoms with Crippen molar-refractivity contribution in [1.82, 2.24) is 10.2 Å². The second-order valence-electron chi connectivity index (χ2n) is 6.93. The van der Waals surface area contributed by atoms with E-state index in [0.29, 0.717) is 5.75 Å². The van der Waals surface area contributed by atoms with Gasteiger partial charge < -0.3 is 19.6 Å². The number of hydrogen-bond acceptors (Lipinski definition) is 6. The van der Waals surface area contributed by atoms with Gasteiger partial charge in [0.05, 0.1) is 17.5 Å². The maximum atomic E-state index is 12.9. The molecular weight excluding hydrogens is 419 g/mol. The molecule has 0 aromatic heterocycles. The van der Waals surface area contributed by atoms with Crippen molar-refractivity contribution < 1.29 is 28.5 Å². The molecule has 2 atom stereocenters. The Kier molecular flexibility index (Phi) is 9.94. The number of rotatable bonds is 11. The topological polar surface area (TPSA) is 94.2 Å². The Balaban J connectivity index is 1.90. The van der Waals surface area contributed by atoms with Gasteiger partial charge in [-0.1, -0.05) is 48.5 Å². The monoisotopic (exact) mass is 447 g/mol. The molecule has 0 fully saturated rings. The zero-order valence-corrected chi connectivity index (χ0v) is 18.8. The van der Waals surface area contributed by atoms with Crippen LogP contribution in [-0.4, -0.2) is 41.7 Å². The van der Waals surface area contributed by atoms with E-state index in [1.165, 1.54) is 0 Å². The van der Waals surface area contributed by atoms with Crippen molar-refractivity contribution in [3.63, 3.8) is 0 Å². The Morgan fingerprint density at radius 3 is 2.23 bits per heavy atom. The minimum absolute atomic E-state index is 0.0574. The van der Waals surface area contributed by atoms with Gasteiger partial charge in [0.1, 0.15) is 6.61 Å². The van der Waals surface area contributed by atoms with E-state index in [2.05, 4.69) is 5.32 Å². The van der Waals surface area contributed by atoms with Crippen LogP contribution in [0.2, 0.25) is 0 Å². The Morgan fingerprint density at radius 1 is 1.00 bits per heavy atom. The van der Waals surface area contributed by atoms with E-state index < -0.39 is 26.1 Å². The average Bonchev–Trinajstić information content (AvgIpc) is 2.76. The summed E-state index contributed by atoms with van der Waals surface area (Å²) in [5, 5.41) is 2.56. The molecule has 166 valence electrons. The highest BCUT2D eigenvalue weighted by Crippen LogP contribution is 2.31. The second kappa shape index (κ2) is 12.7. The number of hydroxylamine groups is 1. The molecule has 0 radical (unpaired) electrons. The predicted molar refractivity (Wildman–Crippen MR) is 117 cm³/mol. The molecule has 0 bridgehead atoms. The summed E-state index contributed by atoms with van der Waals surface area (Å²) in [6.07, 6.45) is -0.871. The molecule has 0 saturated heterocycles. The van der Waals surface area contributed by atoms with Crippen LogP contribution in [0.15, 0.2) is 60.7 Å². The summed E-state index contributed by atoms with van der Waals surface area (Å²) in [6.45, 7) is 5.25. The highest BCUT2D eigenvalue weighted by molar-refractivity contribution is 7.41. The number of hydrogen-bond donors (Lipinski definition) is 1. The fourth-order valence-electron chi connectivity index (χ4n) is 2.45. The summed E-state index contributed by atoms with van der Waals surface area (Å²) in [4.78, 5) is 31.0. The van der Waals surface area contributed by atoms with Gasteiger partial charge in [0.25, 0.3) is 0 Å². The number of nitrogens with zero attached hydrogens (tertiary/aromatic N) is 1. The number of carbonyl (C=O) groups excluding carboxylic acids is 2. The van der Waals surface area contributed by atoms with Gasteiger partial charge in [-0.3, -0.25) is 4.79 Å². The number of nitrogens with one attached hydrogen (secondary N) is 1. The van der Waals surface area contributed by atoms with Gasteiger partial charge in [-0.2, -0.15) is 0 Å². The number of ether oxygens (including phenoxy) is 2. The van der Waals surface area contributed by atoms with E-state index >= 15 is 0 Å². The van der Waals surface area contributed by atoms with Crippen LogP contribution in [0.1, 0.15) is 26.3 Å². The van der Waals surface area contributed by atoms with Crippen LogP contribution in [0.5, 0.6) is 5.75 Å². The Labute approximate surface area is 183 Å². The standard InChI is InChI=1S/C22H27N2O6P/c1-17(2)29-21(25)18(3)24(30-20-12-8-5-9-13-20)31(27)15-14-23-22(26)28-16-19-10-6-4-7-11-19/h4-13,17-18H,14-16H2,1-3H3/p+1/t18-/m0/s1. The van der Waals surface area contributed by atoms with Gasteiger partial charge in [0.2, 0.25) is 0 Å². The van der Waals surface area contributed by atoms with Crippen molar-refractivity contribution in [1.29, 1.82) is 0 Å². The molecule has 1 amide bonds. The van der Waals surface area contributed by atoms with Crippen molar-refractivity contribution in [2.75, 3.05) is 12.7 Å². The summed E-state index contributed by atoms with van der Waals surface area (Å²) < 4.78 is 23.2. The van der Waals surface area contributed by atoms with Crippen molar-refractivity contribution in [2.24, 2.45) is 0 Å². The molecule has 0 aliphatic rings. The smallest absolute Gasteiger partial charge is 0.462 e. The lowest BCUT2D eigenvalue weighted by Gasteiger charge is -2.19. The largest absolute Gasteiger partial charge is 0.473 e. The fraction of sp³-hybridized carbons (Fsp3) is 0.364. The third kappa shape index (κ3) is 8.74. The maximum absolute atomic E-state index is 12.9. The van der Waals surface area contributed by atoms with Gasteiger partial charge in [0.15, 0.2) is 18.0 Å². The lowest BCUT2D eigenvalue weighted by Crippen LogP contribution is -2.39. The molecular formula is C22H28N2O6P+. The molecule has 0 heterocycles. The van der Waals surface area contributed by atoms with Crippen molar-refractivity contribution >= 4 is 20.0 Å². The molecule has 2 aromatic rings. The van der Waals surface area contributed by atoms with Crippen LogP contribution < -0.4 is 10.2 Å². The molecule has 2 rings (SSSR count). The van der Waals surface area contributed by atoms with Crippen LogP contribution in [0.4, 0.5) is 4.79 Å². The summed E-state index contributed by atoms with van der Waals surface area (Å²) in [5.41, 5.74) is 0.864. The number of esters is 1. The predicted octanol–water partition coefficient (Wildman–Crippen LogP) is 4.29. The van der Waals surface area contributed by atoms with E-state index in [-0.39, 0.29) is 25.4 Å². The van der Waals surface area contributed by atoms with Gasteiger partial charge in [-0.15, -0.1) is 0 Å². The van der Waals surface area contributed by atoms with Crippen LogP contribution in [-0.2, 0) is 25.4 Å². The summed E-state index contributed by atoms with van der Waals surface area (Å²) in [6, 6.07) is 17.1. The third-order valence-corrected chi connectivity index (χ3v) is 5.45. The number of alkyl carbamates (subject to hydrolysis) is 1. The van der Waals surface area contributed by atoms with Gasteiger partial charge in [0, 0.05) is 0 Å². The normalized spacial score (nSPS) is 12.2. The van der Waals surface area contributed by atoms with Crippen molar-refractivity contribution in [3.8, 4) is 5.75 Å². The van der Waals surface area contributed by atoms with Crippen molar-refractivity contribution in [3.05, 3.63) is 66.2 Å². The highest BCUT2D eigenvalue weighted by atomic mass is 31.1. The second-order valence-corrected chi connectivity index (χ2v) is 8.48. The van der Waals surface area contributed by atoms with E-state index in [1.54, 1.807) is 45.0 Å². The first-order valence-electron chi connectivity index (χ1n) is 9.98. The Hall–Kier alpha value is -2.96. The molecule has 8 nitrogen and oxygen atoms in total. The SMILES string of the molecule is CC(C)OC(=O)[C@H](C)N(Oc1ccccc1)[P+](=O)CCNC(=O)OCc1ccccc1. The molecule has 31 heavy (non-hydrogen) atoms. The minimum Gasteiger partial charge on any atom is -0.462 e. The zero-order chi connectivity index (χ0) is 22.6. The van der Waals surface area contributed by atoms with E-state index in [4.69, 9.17) is 14.3 Å². The molecule has 1 unspecified atom stereocenters. The van der Waals surface area contributed by atoms with Gasteiger partial charge in [-0.05, 0) is 43.0 Å². The van der Waals surface area contributed by atoms with E-state index in [0.717, 1.165) is 10.4 Å². The van der Waals surface area contributed by atoms with E-state index in [9.17, 15) is 14.2 Å². The maximum Gasteiger partial charge on any atom is 0.473 e. The Bertz CT molecular complexity index is 848. The fourth-order valence-corrected chi connectivity index (χ4v) is 3.62. The first-order valence-corrected chi connectivity index (χ1v) is 11.4. The number of benzene rings is 2. The zero-order valence-electron chi connectivity index (χ0n) is 17.9. The molecule has 2 aromatic carbocycles. The first kappa shape index (κ1) is 24.3. The highest BCUT2D eigenvalue weighted by Gasteiger charge is 2.40. The lowest BCUT2D eigenvalue weighted by atomic mass is 10.2.